The zero-order valence-corrected chi connectivity index (χ0v) is 13.0. The SMILES string of the molecule is CN1CCN(C)C(CNC(=O)c2cccc(CCN)c2)C1. The Kier molecular flexibility index (Phi) is 5.73. The molecule has 21 heavy (non-hydrogen) atoms. The average Bonchev–Trinajstić information content (AvgIpc) is 2.48. The maximum Gasteiger partial charge on any atom is 0.251 e. The number of nitrogens with zero attached hydrogens (tertiary/aromatic N) is 2. The molecule has 1 aliphatic heterocycles. The minimum atomic E-state index is -0.00417. The van der Waals surface area contributed by atoms with E-state index in [2.05, 4.69) is 29.2 Å². The van der Waals surface area contributed by atoms with Crippen molar-refractivity contribution in [2.45, 2.75) is 12.5 Å². The van der Waals surface area contributed by atoms with Crippen molar-refractivity contribution in [3.8, 4) is 0 Å². The quantitative estimate of drug-likeness (QED) is 0.811. The summed E-state index contributed by atoms with van der Waals surface area (Å²) < 4.78 is 0. The Morgan fingerprint density at radius 2 is 2.19 bits per heavy atom. The molecule has 0 aromatic heterocycles. The van der Waals surface area contributed by atoms with E-state index in [1.165, 1.54) is 0 Å². The highest BCUT2D eigenvalue weighted by molar-refractivity contribution is 5.94. The lowest BCUT2D eigenvalue weighted by molar-refractivity contribution is 0.0881. The van der Waals surface area contributed by atoms with Crippen LogP contribution in [0.2, 0.25) is 0 Å². The van der Waals surface area contributed by atoms with Crippen molar-refractivity contribution < 1.29 is 4.79 Å². The summed E-state index contributed by atoms with van der Waals surface area (Å²) in [6.45, 7) is 4.40. The highest BCUT2D eigenvalue weighted by Gasteiger charge is 2.22. The average molecular weight is 290 g/mol. The molecule has 2 rings (SSSR count). The molecule has 116 valence electrons. The van der Waals surface area contributed by atoms with Crippen LogP contribution in [-0.4, -0.2) is 68.6 Å². The molecular formula is C16H26N4O. The second kappa shape index (κ2) is 7.54. The van der Waals surface area contributed by atoms with Gasteiger partial charge in [-0.2, -0.15) is 0 Å². The Morgan fingerprint density at radius 1 is 1.38 bits per heavy atom. The fourth-order valence-corrected chi connectivity index (χ4v) is 2.67. The molecule has 1 aliphatic rings. The number of nitrogens with two attached hydrogens (primary N) is 1. The lowest BCUT2D eigenvalue weighted by Crippen LogP contribution is -2.54. The molecule has 1 atom stereocenters. The summed E-state index contributed by atoms with van der Waals surface area (Å²) in [7, 11) is 4.24. The summed E-state index contributed by atoms with van der Waals surface area (Å²) in [5, 5.41) is 3.05. The number of hydrogen-bond acceptors (Lipinski definition) is 4. The number of rotatable bonds is 5. The zero-order chi connectivity index (χ0) is 15.2. The van der Waals surface area contributed by atoms with Gasteiger partial charge in [0.1, 0.15) is 0 Å². The van der Waals surface area contributed by atoms with Crippen molar-refractivity contribution in [2.75, 3.05) is 46.8 Å². The van der Waals surface area contributed by atoms with Gasteiger partial charge in [0.05, 0.1) is 0 Å². The standard InChI is InChI=1S/C16H26N4O/c1-19-8-9-20(2)15(12-19)11-18-16(21)14-5-3-4-13(10-14)6-7-17/h3-5,10,15H,6-9,11-12,17H2,1-2H3,(H,18,21). The van der Waals surface area contributed by atoms with E-state index >= 15 is 0 Å². The normalized spacial score (nSPS) is 20.4. The van der Waals surface area contributed by atoms with E-state index in [-0.39, 0.29) is 5.91 Å². The number of piperazine rings is 1. The Bertz CT molecular complexity index is 477. The molecule has 0 aliphatic carbocycles. The number of amides is 1. The smallest absolute Gasteiger partial charge is 0.251 e. The van der Waals surface area contributed by atoms with Crippen LogP contribution >= 0.6 is 0 Å². The zero-order valence-electron chi connectivity index (χ0n) is 13.0. The summed E-state index contributed by atoms with van der Waals surface area (Å²) >= 11 is 0. The molecule has 1 fully saturated rings. The Hall–Kier alpha value is -1.43. The van der Waals surface area contributed by atoms with E-state index in [0.717, 1.165) is 31.6 Å². The molecule has 1 heterocycles. The molecular weight excluding hydrogens is 264 g/mol. The van der Waals surface area contributed by atoms with Gasteiger partial charge in [-0.1, -0.05) is 12.1 Å². The molecule has 0 spiro atoms. The number of nitrogens with one attached hydrogen (secondary N) is 1. The molecule has 3 N–H and O–H groups in total. The van der Waals surface area contributed by atoms with Crippen molar-refractivity contribution in [3.63, 3.8) is 0 Å². The topological polar surface area (TPSA) is 61.6 Å². The van der Waals surface area contributed by atoms with Gasteiger partial charge >= 0.3 is 0 Å². The third-order valence-corrected chi connectivity index (χ3v) is 4.10. The molecule has 5 nitrogen and oxygen atoms in total. The number of likely N-dealkylation sites (N-methyl/N-ethyl adjacent to an activating group) is 2. The van der Waals surface area contributed by atoms with Crippen molar-refractivity contribution in [3.05, 3.63) is 35.4 Å². The second-order valence-electron chi connectivity index (χ2n) is 5.85. The van der Waals surface area contributed by atoms with Gasteiger partial charge in [-0.25, -0.2) is 0 Å². The van der Waals surface area contributed by atoms with E-state index in [1.54, 1.807) is 0 Å². The summed E-state index contributed by atoms with van der Waals surface area (Å²) in [6.07, 6.45) is 0.803. The van der Waals surface area contributed by atoms with Crippen molar-refractivity contribution >= 4 is 5.91 Å². The fourth-order valence-electron chi connectivity index (χ4n) is 2.67. The first-order valence-electron chi connectivity index (χ1n) is 7.56. The maximum atomic E-state index is 12.3. The Morgan fingerprint density at radius 3 is 2.95 bits per heavy atom. The molecule has 1 aromatic rings. The van der Waals surface area contributed by atoms with Crippen LogP contribution in [0.1, 0.15) is 15.9 Å². The van der Waals surface area contributed by atoms with Crippen molar-refractivity contribution in [1.82, 2.24) is 15.1 Å². The summed E-state index contributed by atoms with van der Waals surface area (Å²) in [6, 6.07) is 8.08. The van der Waals surface area contributed by atoms with Gasteiger partial charge in [0, 0.05) is 37.8 Å². The number of benzene rings is 1. The minimum absolute atomic E-state index is 0.00417. The second-order valence-corrected chi connectivity index (χ2v) is 5.85. The first kappa shape index (κ1) is 15.9. The van der Waals surface area contributed by atoms with Gasteiger partial charge in [0.15, 0.2) is 0 Å². The molecule has 1 aromatic carbocycles. The largest absolute Gasteiger partial charge is 0.350 e. The van der Waals surface area contributed by atoms with Gasteiger partial charge in [-0.15, -0.1) is 0 Å². The van der Waals surface area contributed by atoms with Gasteiger partial charge in [0.25, 0.3) is 5.91 Å². The van der Waals surface area contributed by atoms with E-state index < -0.39 is 0 Å². The van der Waals surface area contributed by atoms with Crippen LogP contribution in [0.5, 0.6) is 0 Å². The van der Waals surface area contributed by atoms with Gasteiger partial charge < -0.3 is 16.0 Å². The van der Waals surface area contributed by atoms with Crippen LogP contribution in [0.15, 0.2) is 24.3 Å². The molecule has 1 amide bonds. The summed E-state index contributed by atoms with van der Waals surface area (Å²) in [5.74, 6) is -0.00417. The lowest BCUT2D eigenvalue weighted by atomic mass is 10.1. The maximum absolute atomic E-state index is 12.3. The summed E-state index contributed by atoms with van der Waals surface area (Å²) in [4.78, 5) is 16.9. The van der Waals surface area contributed by atoms with Crippen LogP contribution < -0.4 is 11.1 Å². The van der Waals surface area contributed by atoms with Crippen LogP contribution in [0, 0.1) is 0 Å². The third-order valence-electron chi connectivity index (χ3n) is 4.10. The first-order chi connectivity index (χ1) is 10.1. The Labute approximate surface area is 127 Å². The number of carbonyl (C=O) groups is 1. The van der Waals surface area contributed by atoms with Gasteiger partial charge in [-0.05, 0) is 44.8 Å². The van der Waals surface area contributed by atoms with Gasteiger partial charge in [0.2, 0.25) is 0 Å². The van der Waals surface area contributed by atoms with Crippen LogP contribution in [0.3, 0.4) is 0 Å². The number of carbonyl (C=O) groups excluding carboxylic acids is 1. The Balaban J connectivity index is 1.90. The van der Waals surface area contributed by atoms with Crippen molar-refractivity contribution in [1.29, 1.82) is 0 Å². The molecule has 1 unspecified atom stereocenters. The van der Waals surface area contributed by atoms with Crippen LogP contribution in [-0.2, 0) is 6.42 Å². The van der Waals surface area contributed by atoms with Crippen molar-refractivity contribution in [2.24, 2.45) is 5.73 Å². The predicted molar refractivity (Wildman–Crippen MR) is 85.4 cm³/mol. The summed E-state index contributed by atoms with van der Waals surface area (Å²) in [5.41, 5.74) is 7.39. The molecule has 0 saturated carbocycles. The molecule has 0 radical (unpaired) electrons. The van der Waals surface area contributed by atoms with Crippen LogP contribution in [0.25, 0.3) is 0 Å². The first-order valence-corrected chi connectivity index (χ1v) is 7.56. The molecule has 0 bridgehead atoms. The predicted octanol–water partition coefficient (Wildman–Crippen LogP) is 0.163. The highest BCUT2D eigenvalue weighted by atomic mass is 16.1. The monoisotopic (exact) mass is 290 g/mol. The third kappa shape index (κ3) is 4.52. The van der Waals surface area contributed by atoms with E-state index in [4.69, 9.17) is 5.73 Å². The molecule has 1 saturated heterocycles. The fraction of sp³-hybridized carbons (Fsp3) is 0.562. The lowest BCUT2D eigenvalue weighted by Gasteiger charge is -2.37. The van der Waals surface area contributed by atoms with E-state index in [0.29, 0.717) is 24.7 Å². The van der Waals surface area contributed by atoms with E-state index in [1.807, 2.05) is 24.3 Å². The minimum Gasteiger partial charge on any atom is -0.350 e. The van der Waals surface area contributed by atoms with E-state index in [9.17, 15) is 4.79 Å². The van der Waals surface area contributed by atoms with Gasteiger partial charge in [-0.3, -0.25) is 9.69 Å². The molecule has 5 heteroatoms. The highest BCUT2D eigenvalue weighted by Crippen LogP contribution is 2.07. The number of hydrogen-bond donors (Lipinski definition) is 2. The van der Waals surface area contributed by atoms with Crippen LogP contribution in [0.4, 0.5) is 0 Å².